The molecule has 0 aromatic carbocycles. The van der Waals surface area contributed by atoms with E-state index < -0.39 is 0 Å². The highest BCUT2D eigenvalue weighted by Gasteiger charge is 2.26. The first-order valence-electron chi connectivity index (χ1n) is 9.00. The lowest BCUT2D eigenvalue weighted by Gasteiger charge is -2.15. The van der Waals surface area contributed by atoms with Crippen LogP contribution in [0.5, 0.6) is 0 Å². The van der Waals surface area contributed by atoms with E-state index in [0.29, 0.717) is 0 Å². The van der Waals surface area contributed by atoms with Crippen LogP contribution in [0.1, 0.15) is 43.5 Å². The van der Waals surface area contributed by atoms with Crippen LogP contribution < -0.4 is 0 Å². The van der Waals surface area contributed by atoms with Crippen molar-refractivity contribution in [1.82, 2.24) is 19.7 Å². The Morgan fingerprint density at radius 2 is 2.00 bits per heavy atom. The molecule has 1 aliphatic carbocycles. The van der Waals surface area contributed by atoms with Gasteiger partial charge in [0, 0.05) is 41.1 Å². The van der Waals surface area contributed by atoms with Gasteiger partial charge in [-0.05, 0) is 62.6 Å². The van der Waals surface area contributed by atoms with E-state index in [2.05, 4.69) is 36.9 Å². The van der Waals surface area contributed by atoms with E-state index in [9.17, 15) is 0 Å². The molecule has 0 N–H and O–H groups in total. The molecule has 4 heteroatoms. The Morgan fingerprint density at radius 1 is 1.17 bits per heavy atom. The van der Waals surface area contributed by atoms with Gasteiger partial charge in [-0.2, -0.15) is 5.10 Å². The van der Waals surface area contributed by atoms with Crippen molar-refractivity contribution in [3.63, 3.8) is 0 Å². The van der Waals surface area contributed by atoms with Gasteiger partial charge in [-0.3, -0.25) is 4.98 Å². The zero-order valence-corrected chi connectivity index (χ0v) is 14.7. The van der Waals surface area contributed by atoms with Crippen LogP contribution in [0.2, 0.25) is 0 Å². The highest BCUT2D eigenvalue weighted by Crippen LogP contribution is 2.38. The molecular formula is C20H24N4. The molecule has 0 atom stereocenters. The molecule has 3 aromatic heterocycles. The Balaban J connectivity index is 2.02. The van der Waals surface area contributed by atoms with Crippen molar-refractivity contribution < 1.29 is 0 Å². The lowest BCUT2D eigenvalue weighted by molar-refractivity contribution is 0.673. The van der Waals surface area contributed by atoms with E-state index in [0.717, 1.165) is 36.3 Å². The Labute approximate surface area is 142 Å². The van der Waals surface area contributed by atoms with Gasteiger partial charge in [0.1, 0.15) is 0 Å². The van der Waals surface area contributed by atoms with Crippen LogP contribution in [-0.2, 0) is 19.4 Å². The lowest BCUT2D eigenvalue weighted by Crippen LogP contribution is -2.05. The van der Waals surface area contributed by atoms with E-state index in [4.69, 9.17) is 4.98 Å². The molecule has 1 saturated carbocycles. The van der Waals surface area contributed by atoms with Crippen molar-refractivity contribution >= 4 is 11.0 Å². The monoisotopic (exact) mass is 320 g/mol. The summed E-state index contributed by atoms with van der Waals surface area (Å²) in [6, 6.07) is 2.23. The number of nitrogens with zero attached hydrogens (tertiary/aromatic N) is 4. The Morgan fingerprint density at radius 3 is 2.67 bits per heavy atom. The van der Waals surface area contributed by atoms with Gasteiger partial charge in [-0.25, -0.2) is 9.67 Å². The van der Waals surface area contributed by atoms with E-state index in [-0.39, 0.29) is 0 Å². The van der Waals surface area contributed by atoms with Crippen LogP contribution in [0.25, 0.3) is 22.2 Å². The third-order valence-electron chi connectivity index (χ3n) is 4.97. The van der Waals surface area contributed by atoms with Crippen LogP contribution in [0.15, 0.2) is 24.7 Å². The molecule has 0 aliphatic heterocycles. The number of hydrogen-bond acceptors (Lipinski definition) is 3. The van der Waals surface area contributed by atoms with Gasteiger partial charge in [-0.1, -0.05) is 6.92 Å². The summed E-state index contributed by atoms with van der Waals surface area (Å²) >= 11 is 0. The largest absolute Gasteiger partial charge is 0.264 e. The Bertz CT molecular complexity index is 890. The maximum Gasteiger partial charge on any atom is 0.158 e. The van der Waals surface area contributed by atoms with Crippen LogP contribution in [0.3, 0.4) is 0 Å². The molecule has 3 heterocycles. The van der Waals surface area contributed by atoms with Gasteiger partial charge in [0.05, 0.1) is 6.20 Å². The zero-order chi connectivity index (χ0) is 16.7. The van der Waals surface area contributed by atoms with Gasteiger partial charge in [0.25, 0.3) is 0 Å². The minimum absolute atomic E-state index is 0.821. The Hall–Kier alpha value is -2.23. The SMILES string of the molecule is CCc1c(CC2CC2)nc2c(cnn2CC)c1-c1cncc(C)c1. The molecule has 1 fully saturated rings. The van der Waals surface area contributed by atoms with Crippen molar-refractivity contribution in [3.8, 4) is 11.1 Å². The van der Waals surface area contributed by atoms with Crippen LogP contribution >= 0.6 is 0 Å². The molecule has 0 radical (unpaired) electrons. The summed E-state index contributed by atoms with van der Waals surface area (Å²) in [4.78, 5) is 9.47. The molecule has 4 nitrogen and oxygen atoms in total. The average Bonchev–Trinajstić information content (AvgIpc) is 3.31. The molecule has 0 bridgehead atoms. The van der Waals surface area contributed by atoms with Crippen LogP contribution in [0.4, 0.5) is 0 Å². The highest BCUT2D eigenvalue weighted by atomic mass is 15.3. The maximum atomic E-state index is 5.05. The lowest BCUT2D eigenvalue weighted by atomic mass is 9.93. The van der Waals surface area contributed by atoms with Crippen molar-refractivity contribution in [1.29, 1.82) is 0 Å². The van der Waals surface area contributed by atoms with Crippen molar-refractivity contribution in [2.75, 3.05) is 0 Å². The van der Waals surface area contributed by atoms with Crippen molar-refractivity contribution in [2.24, 2.45) is 5.92 Å². The fourth-order valence-corrected chi connectivity index (χ4v) is 3.57. The van der Waals surface area contributed by atoms with E-state index in [1.165, 1.54) is 40.8 Å². The summed E-state index contributed by atoms with van der Waals surface area (Å²) in [7, 11) is 0. The second-order valence-electron chi connectivity index (χ2n) is 6.86. The molecule has 124 valence electrons. The fourth-order valence-electron chi connectivity index (χ4n) is 3.57. The Kier molecular flexibility index (Phi) is 3.83. The first-order valence-corrected chi connectivity index (χ1v) is 9.00. The third-order valence-corrected chi connectivity index (χ3v) is 4.97. The van der Waals surface area contributed by atoms with E-state index >= 15 is 0 Å². The smallest absolute Gasteiger partial charge is 0.158 e. The molecule has 0 spiro atoms. The summed E-state index contributed by atoms with van der Waals surface area (Å²) in [5, 5.41) is 5.72. The summed E-state index contributed by atoms with van der Waals surface area (Å²) in [6.45, 7) is 7.30. The fraction of sp³-hybridized carbons (Fsp3) is 0.450. The quantitative estimate of drug-likeness (QED) is 0.702. The molecule has 0 unspecified atom stereocenters. The molecule has 3 aromatic rings. The van der Waals surface area contributed by atoms with Crippen molar-refractivity contribution in [2.45, 2.75) is 53.0 Å². The van der Waals surface area contributed by atoms with E-state index in [1.807, 2.05) is 23.3 Å². The molecule has 0 amide bonds. The summed E-state index contributed by atoms with van der Waals surface area (Å²) in [5.74, 6) is 0.821. The predicted octanol–water partition coefficient (Wildman–Crippen LogP) is 4.34. The topological polar surface area (TPSA) is 43.6 Å². The molecule has 1 aliphatic rings. The first kappa shape index (κ1) is 15.3. The zero-order valence-electron chi connectivity index (χ0n) is 14.7. The number of aryl methyl sites for hydroxylation is 2. The van der Waals surface area contributed by atoms with E-state index in [1.54, 1.807) is 0 Å². The minimum Gasteiger partial charge on any atom is -0.264 e. The van der Waals surface area contributed by atoms with Gasteiger partial charge in [0.2, 0.25) is 0 Å². The van der Waals surface area contributed by atoms with Crippen LogP contribution in [-0.4, -0.2) is 19.7 Å². The number of fused-ring (bicyclic) bond motifs is 1. The number of hydrogen-bond donors (Lipinski definition) is 0. The van der Waals surface area contributed by atoms with Gasteiger partial charge in [0.15, 0.2) is 5.65 Å². The number of pyridine rings is 2. The van der Waals surface area contributed by atoms with Gasteiger partial charge < -0.3 is 0 Å². The molecular weight excluding hydrogens is 296 g/mol. The molecule has 24 heavy (non-hydrogen) atoms. The standard InChI is InChI=1S/C20H24N4/c1-4-16-18(9-14-6-7-14)23-20-17(12-22-24(20)5-2)19(16)15-8-13(3)10-21-11-15/h8,10-12,14H,4-7,9H2,1-3H3. The molecule has 4 rings (SSSR count). The van der Waals surface area contributed by atoms with Gasteiger partial charge in [-0.15, -0.1) is 0 Å². The third kappa shape index (κ3) is 2.60. The predicted molar refractivity (Wildman–Crippen MR) is 97.0 cm³/mol. The second kappa shape index (κ2) is 6.00. The summed E-state index contributed by atoms with van der Waals surface area (Å²) in [5.41, 5.74) is 7.31. The second-order valence-corrected chi connectivity index (χ2v) is 6.86. The number of rotatable bonds is 5. The van der Waals surface area contributed by atoms with Gasteiger partial charge >= 0.3 is 0 Å². The molecule has 0 saturated heterocycles. The summed E-state index contributed by atoms with van der Waals surface area (Å²) < 4.78 is 2.01. The number of aromatic nitrogens is 4. The first-order chi connectivity index (χ1) is 11.7. The van der Waals surface area contributed by atoms with Crippen molar-refractivity contribution in [3.05, 3.63) is 41.5 Å². The minimum atomic E-state index is 0.821. The average molecular weight is 320 g/mol. The van der Waals surface area contributed by atoms with Crippen LogP contribution in [0, 0.1) is 12.8 Å². The normalized spacial score (nSPS) is 14.5. The highest BCUT2D eigenvalue weighted by molar-refractivity contribution is 5.95. The summed E-state index contributed by atoms with van der Waals surface area (Å²) in [6.07, 6.45) is 10.6. The maximum absolute atomic E-state index is 5.05.